The Morgan fingerprint density at radius 2 is 2.20 bits per heavy atom. The summed E-state index contributed by atoms with van der Waals surface area (Å²) in [5.74, 6) is -1.16. The van der Waals surface area contributed by atoms with Crippen molar-refractivity contribution >= 4 is 33.3 Å². The summed E-state index contributed by atoms with van der Waals surface area (Å²) in [5.41, 5.74) is 0.436. The van der Waals surface area contributed by atoms with Crippen LogP contribution in [0.4, 0.5) is 11.4 Å². The number of rotatable bonds is 4. The van der Waals surface area contributed by atoms with E-state index in [0.29, 0.717) is 23.0 Å². The van der Waals surface area contributed by atoms with Gasteiger partial charge in [-0.3, -0.25) is 14.9 Å². The van der Waals surface area contributed by atoms with Gasteiger partial charge in [0, 0.05) is 16.6 Å². The van der Waals surface area contributed by atoms with Crippen LogP contribution < -0.4 is 5.32 Å². The number of hydrogen-bond donors (Lipinski definition) is 2. The van der Waals surface area contributed by atoms with Gasteiger partial charge in [-0.25, -0.2) is 0 Å². The molecule has 2 atom stereocenters. The second-order valence-corrected chi connectivity index (χ2v) is 5.88. The number of halogens is 1. The van der Waals surface area contributed by atoms with Crippen LogP contribution in [0, 0.1) is 16.0 Å². The SMILES string of the molecule is O=C(O)C1CCCC(Nc2ccc(Br)cc2[N+](=O)[O-])C1. The smallest absolute Gasteiger partial charge is 0.306 e. The summed E-state index contributed by atoms with van der Waals surface area (Å²) in [6.07, 6.45) is 2.83. The highest BCUT2D eigenvalue weighted by Crippen LogP contribution is 2.32. The van der Waals surface area contributed by atoms with Gasteiger partial charge >= 0.3 is 5.97 Å². The van der Waals surface area contributed by atoms with Crippen LogP contribution in [0.2, 0.25) is 0 Å². The average Bonchev–Trinajstić information content (AvgIpc) is 2.41. The number of carboxylic acid groups (broad SMARTS) is 1. The van der Waals surface area contributed by atoms with Crippen molar-refractivity contribution in [3.05, 3.63) is 32.8 Å². The van der Waals surface area contributed by atoms with E-state index >= 15 is 0 Å². The standard InChI is InChI=1S/C13H15BrN2O4/c14-9-4-5-11(12(7-9)16(19)20)15-10-3-1-2-8(6-10)13(17)18/h4-5,7-8,10,15H,1-3,6H2,(H,17,18). The van der Waals surface area contributed by atoms with Crippen molar-refractivity contribution in [2.45, 2.75) is 31.7 Å². The summed E-state index contributed by atoms with van der Waals surface area (Å²) in [4.78, 5) is 21.6. The Balaban J connectivity index is 2.13. The Bertz CT molecular complexity index is 535. The molecular weight excluding hydrogens is 328 g/mol. The Morgan fingerprint density at radius 3 is 2.85 bits per heavy atom. The maximum Gasteiger partial charge on any atom is 0.306 e. The topological polar surface area (TPSA) is 92.5 Å². The molecule has 2 N–H and O–H groups in total. The predicted octanol–water partition coefficient (Wildman–Crippen LogP) is 3.41. The van der Waals surface area contributed by atoms with Crippen LogP contribution in [0.25, 0.3) is 0 Å². The minimum Gasteiger partial charge on any atom is -0.481 e. The highest BCUT2D eigenvalue weighted by molar-refractivity contribution is 9.10. The van der Waals surface area contributed by atoms with E-state index in [1.54, 1.807) is 12.1 Å². The number of carbonyl (C=O) groups is 1. The van der Waals surface area contributed by atoms with Crippen LogP contribution in [0.1, 0.15) is 25.7 Å². The maximum absolute atomic E-state index is 11.0. The monoisotopic (exact) mass is 342 g/mol. The zero-order chi connectivity index (χ0) is 14.7. The maximum atomic E-state index is 11.0. The summed E-state index contributed by atoms with van der Waals surface area (Å²) >= 11 is 3.21. The second kappa shape index (κ2) is 6.21. The highest BCUT2D eigenvalue weighted by Gasteiger charge is 2.28. The molecule has 1 saturated carbocycles. The molecule has 0 saturated heterocycles. The molecule has 20 heavy (non-hydrogen) atoms. The molecule has 1 aromatic rings. The number of anilines is 1. The molecule has 2 unspecified atom stereocenters. The summed E-state index contributed by atoms with van der Waals surface area (Å²) in [6, 6.07) is 4.78. The number of hydrogen-bond acceptors (Lipinski definition) is 4. The lowest BCUT2D eigenvalue weighted by Crippen LogP contribution is -2.31. The first kappa shape index (κ1) is 14.8. The van der Waals surface area contributed by atoms with Gasteiger partial charge in [0.15, 0.2) is 0 Å². The zero-order valence-corrected chi connectivity index (χ0v) is 12.3. The van der Waals surface area contributed by atoms with Crippen molar-refractivity contribution in [3.8, 4) is 0 Å². The number of nitro groups is 1. The number of nitrogens with zero attached hydrogens (tertiary/aromatic N) is 1. The zero-order valence-electron chi connectivity index (χ0n) is 10.7. The van der Waals surface area contributed by atoms with Crippen molar-refractivity contribution < 1.29 is 14.8 Å². The first-order chi connectivity index (χ1) is 9.47. The van der Waals surface area contributed by atoms with Crippen molar-refractivity contribution in [2.24, 2.45) is 5.92 Å². The number of benzene rings is 1. The highest BCUT2D eigenvalue weighted by atomic mass is 79.9. The third kappa shape index (κ3) is 3.47. The first-order valence-corrected chi connectivity index (χ1v) is 7.20. The van der Waals surface area contributed by atoms with E-state index in [4.69, 9.17) is 5.11 Å². The fraction of sp³-hybridized carbons (Fsp3) is 0.462. The van der Waals surface area contributed by atoms with Gasteiger partial charge in [0.2, 0.25) is 0 Å². The van der Waals surface area contributed by atoms with Crippen molar-refractivity contribution in [1.82, 2.24) is 0 Å². The Morgan fingerprint density at radius 1 is 1.45 bits per heavy atom. The van der Waals surface area contributed by atoms with Gasteiger partial charge in [-0.2, -0.15) is 0 Å². The third-order valence-electron chi connectivity index (χ3n) is 3.54. The minimum atomic E-state index is -0.790. The summed E-state index contributed by atoms with van der Waals surface area (Å²) in [5, 5.41) is 23.2. The van der Waals surface area contributed by atoms with Crippen molar-refractivity contribution in [1.29, 1.82) is 0 Å². The third-order valence-corrected chi connectivity index (χ3v) is 4.03. The Hall–Kier alpha value is -1.63. The molecule has 1 aliphatic carbocycles. The van der Waals surface area contributed by atoms with Gasteiger partial charge in [-0.1, -0.05) is 22.4 Å². The van der Waals surface area contributed by atoms with E-state index in [9.17, 15) is 14.9 Å². The van der Waals surface area contributed by atoms with Crippen molar-refractivity contribution in [2.75, 3.05) is 5.32 Å². The molecule has 1 aromatic carbocycles. The molecule has 0 spiro atoms. The summed E-state index contributed by atoms with van der Waals surface area (Å²) < 4.78 is 0.641. The normalized spacial score (nSPS) is 22.2. The van der Waals surface area contributed by atoms with Crippen LogP contribution in [0.3, 0.4) is 0 Å². The van der Waals surface area contributed by atoms with E-state index in [0.717, 1.165) is 12.8 Å². The van der Waals surface area contributed by atoms with Gasteiger partial charge < -0.3 is 10.4 Å². The van der Waals surface area contributed by atoms with Crippen LogP contribution in [0.5, 0.6) is 0 Å². The van der Waals surface area contributed by atoms with Gasteiger partial charge in [0.1, 0.15) is 5.69 Å². The average molecular weight is 343 g/mol. The molecule has 0 aromatic heterocycles. The molecular formula is C13H15BrN2O4. The molecule has 0 bridgehead atoms. The molecule has 7 heteroatoms. The fourth-order valence-corrected chi connectivity index (χ4v) is 2.89. The number of nitrogens with one attached hydrogen (secondary N) is 1. The van der Waals surface area contributed by atoms with E-state index in [2.05, 4.69) is 21.2 Å². The van der Waals surface area contributed by atoms with Crippen molar-refractivity contribution in [3.63, 3.8) is 0 Å². The Labute approximate surface area is 124 Å². The van der Waals surface area contributed by atoms with Gasteiger partial charge in [0.25, 0.3) is 5.69 Å². The first-order valence-electron chi connectivity index (χ1n) is 6.40. The summed E-state index contributed by atoms with van der Waals surface area (Å²) in [6.45, 7) is 0. The lowest BCUT2D eigenvalue weighted by Gasteiger charge is -2.28. The molecule has 1 aliphatic rings. The molecule has 1 fully saturated rings. The fourth-order valence-electron chi connectivity index (χ4n) is 2.54. The van der Waals surface area contributed by atoms with E-state index < -0.39 is 10.9 Å². The molecule has 0 aliphatic heterocycles. The van der Waals surface area contributed by atoms with Crippen LogP contribution in [-0.4, -0.2) is 22.0 Å². The van der Waals surface area contributed by atoms with Crippen LogP contribution in [0.15, 0.2) is 22.7 Å². The number of nitro benzene ring substituents is 1. The molecule has 108 valence electrons. The van der Waals surface area contributed by atoms with E-state index in [-0.39, 0.29) is 17.6 Å². The summed E-state index contributed by atoms with van der Waals surface area (Å²) in [7, 11) is 0. The van der Waals surface area contributed by atoms with E-state index in [1.807, 2.05) is 0 Å². The molecule has 6 nitrogen and oxygen atoms in total. The van der Waals surface area contributed by atoms with Crippen LogP contribution in [-0.2, 0) is 4.79 Å². The largest absolute Gasteiger partial charge is 0.481 e. The molecule has 2 rings (SSSR count). The quantitative estimate of drug-likeness (QED) is 0.646. The predicted molar refractivity (Wildman–Crippen MR) is 77.8 cm³/mol. The van der Waals surface area contributed by atoms with E-state index in [1.165, 1.54) is 6.07 Å². The number of carboxylic acids is 1. The minimum absolute atomic E-state index is 0.00294. The Kier molecular flexibility index (Phi) is 4.59. The number of aliphatic carboxylic acids is 1. The van der Waals surface area contributed by atoms with Gasteiger partial charge in [-0.05, 0) is 31.4 Å². The molecule has 0 radical (unpaired) electrons. The molecule has 0 amide bonds. The van der Waals surface area contributed by atoms with Crippen LogP contribution >= 0.6 is 15.9 Å². The molecule has 0 heterocycles. The van der Waals surface area contributed by atoms with Gasteiger partial charge in [-0.15, -0.1) is 0 Å². The lowest BCUT2D eigenvalue weighted by atomic mass is 9.85. The van der Waals surface area contributed by atoms with Gasteiger partial charge in [0.05, 0.1) is 10.8 Å². The second-order valence-electron chi connectivity index (χ2n) is 4.96. The lowest BCUT2D eigenvalue weighted by molar-refractivity contribution is -0.384.